The number of aromatic nitrogens is 2. The second-order valence-corrected chi connectivity index (χ2v) is 10.3. The molecule has 0 aliphatic heterocycles. The van der Waals surface area contributed by atoms with Gasteiger partial charge in [-0.05, 0) is 55.0 Å². The molecular weight excluding hydrogens is 444 g/mol. The number of para-hydroxylation sites is 3. The molecule has 1 aliphatic rings. The van der Waals surface area contributed by atoms with E-state index in [-0.39, 0.29) is 10.1 Å². The van der Waals surface area contributed by atoms with E-state index in [9.17, 15) is 13.2 Å². The van der Waals surface area contributed by atoms with Crippen molar-refractivity contribution in [2.75, 3.05) is 10.0 Å². The Bertz CT molecular complexity index is 1380. The second-order valence-electron chi connectivity index (χ2n) is 7.41. The Hall–Kier alpha value is -3.43. The number of sulfonamides is 1. The fraction of sp³-hybridized carbons (Fsp3) is 0.130. The van der Waals surface area contributed by atoms with Gasteiger partial charge in [0, 0.05) is 11.3 Å². The molecule has 0 fully saturated rings. The number of rotatable bonds is 6. The molecule has 0 saturated heterocycles. The van der Waals surface area contributed by atoms with E-state index >= 15 is 0 Å². The number of nitrogens with zero attached hydrogens (tertiary/aromatic N) is 2. The third-order valence-corrected chi connectivity index (χ3v) is 8.09. The average Bonchev–Trinajstić information content (AvgIpc) is 3.54. The molecule has 7 nitrogen and oxygen atoms in total. The van der Waals surface area contributed by atoms with E-state index in [1.54, 1.807) is 35.7 Å². The van der Waals surface area contributed by atoms with Gasteiger partial charge in [-0.25, -0.2) is 13.1 Å². The van der Waals surface area contributed by atoms with Crippen LogP contribution in [0.3, 0.4) is 0 Å². The van der Waals surface area contributed by atoms with Crippen LogP contribution >= 0.6 is 11.3 Å². The molecule has 0 spiro atoms. The van der Waals surface area contributed by atoms with E-state index < -0.39 is 10.0 Å². The predicted molar refractivity (Wildman–Crippen MR) is 125 cm³/mol. The quantitative estimate of drug-likeness (QED) is 0.440. The molecule has 0 radical (unpaired) electrons. The van der Waals surface area contributed by atoms with Crippen LogP contribution in [-0.2, 0) is 22.9 Å². The van der Waals surface area contributed by atoms with E-state index in [2.05, 4.69) is 15.1 Å². The average molecular weight is 465 g/mol. The highest BCUT2D eigenvalue weighted by molar-refractivity contribution is 7.94. The van der Waals surface area contributed by atoms with E-state index in [0.717, 1.165) is 47.5 Å². The van der Waals surface area contributed by atoms with Crippen molar-refractivity contribution in [2.24, 2.45) is 0 Å². The molecule has 0 unspecified atom stereocenters. The van der Waals surface area contributed by atoms with Gasteiger partial charge >= 0.3 is 0 Å². The highest BCUT2D eigenvalue weighted by atomic mass is 32.2. The molecule has 9 heteroatoms. The number of carbonyl (C=O) groups is 1. The first-order chi connectivity index (χ1) is 15.5. The lowest BCUT2D eigenvalue weighted by molar-refractivity contribution is 0.102. The normalized spacial score (nSPS) is 13.0. The summed E-state index contributed by atoms with van der Waals surface area (Å²) >= 11 is 1.13. The second kappa shape index (κ2) is 8.25. The highest BCUT2D eigenvalue weighted by Gasteiger charge is 2.27. The molecule has 1 aliphatic carbocycles. The van der Waals surface area contributed by atoms with E-state index in [1.807, 2.05) is 35.0 Å². The molecule has 2 N–H and O–H groups in total. The molecule has 0 bridgehead atoms. The van der Waals surface area contributed by atoms with Crippen LogP contribution in [0, 0.1) is 0 Å². The Morgan fingerprint density at radius 3 is 2.44 bits per heavy atom. The summed E-state index contributed by atoms with van der Waals surface area (Å²) in [6.45, 7) is 0. The molecular formula is C23H20N4O3S2. The summed E-state index contributed by atoms with van der Waals surface area (Å²) in [5, 5.41) is 9.16. The van der Waals surface area contributed by atoms with Crippen molar-refractivity contribution in [3.63, 3.8) is 0 Å². The molecule has 162 valence electrons. The van der Waals surface area contributed by atoms with Gasteiger partial charge in [0.05, 0.1) is 17.1 Å². The summed E-state index contributed by atoms with van der Waals surface area (Å²) in [6, 6.07) is 19.7. The van der Waals surface area contributed by atoms with Crippen LogP contribution in [0.5, 0.6) is 0 Å². The standard InChI is InChI=1S/C23H20N4O3S2/c28-23(22-17-10-6-13-20(17)27(25-22)16-8-2-1-3-9-16)24-18-11-4-5-12-19(18)26-32(29,30)21-14-7-15-31-21/h1-5,7-9,11-12,14-15,26H,6,10,13H2,(H,24,28). The van der Waals surface area contributed by atoms with Crippen LogP contribution in [-0.4, -0.2) is 24.1 Å². The number of carbonyl (C=O) groups excluding carboxylic acids is 1. The number of hydrogen-bond donors (Lipinski definition) is 2. The summed E-state index contributed by atoms with van der Waals surface area (Å²) in [4.78, 5) is 13.2. The van der Waals surface area contributed by atoms with E-state index in [1.165, 1.54) is 6.07 Å². The van der Waals surface area contributed by atoms with Crippen LogP contribution in [0.25, 0.3) is 5.69 Å². The number of thiophene rings is 1. The third kappa shape index (κ3) is 3.80. The number of amides is 1. The van der Waals surface area contributed by atoms with E-state index in [4.69, 9.17) is 0 Å². The fourth-order valence-electron chi connectivity index (χ4n) is 3.88. The minimum absolute atomic E-state index is 0.207. The first kappa shape index (κ1) is 20.5. The number of benzene rings is 2. The first-order valence-electron chi connectivity index (χ1n) is 10.2. The van der Waals surface area contributed by atoms with Gasteiger partial charge in [0.25, 0.3) is 15.9 Å². The van der Waals surface area contributed by atoms with Gasteiger partial charge in [-0.3, -0.25) is 9.52 Å². The van der Waals surface area contributed by atoms with Gasteiger partial charge in [-0.2, -0.15) is 5.10 Å². The van der Waals surface area contributed by atoms with Gasteiger partial charge in [-0.1, -0.05) is 36.4 Å². The van der Waals surface area contributed by atoms with Crippen molar-refractivity contribution in [1.29, 1.82) is 0 Å². The number of hydrogen-bond acceptors (Lipinski definition) is 5. The Labute approximate surface area is 189 Å². The summed E-state index contributed by atoms with van der Waals surface area (Å²) in [6.07, 6.45) is 2.62. The maximum atomic E-state index is 13.2. The predicted octanol–water partition coefficient (Wildman–Crippen LogP) is 4.48. The highest BCUT2D eigenvalue weighted by Crippen LogP contribution is 2.30. The van der Waals surface area contributed by atoms with Gasteiger partial charge in [0.1, 0.15) is 4.21 Å². The molecule has 32 heavy (non-hydrogen) atoms. The number of nitrogens with one attached hydrogen (secondary N) is 2. The first-order valence-corrected chi connectivity index (χ1v) is 12.5. The van der Waals surface area contributed by atoms with Gasteiger partial charge in [-0.15, -0.1) is 11.3 Å². The molecule has 2 heterocycles. The Balaban J connectivity index is 1.45. The van der Waals surface area contributed by atoms with Gasteiger partial charge < -0.3 is 5.32 Å². The lowest BCUT2D eigenvalue weighted by atomic mass is 10.2. The van der Waals surface area contributed by atoms with E-state index in [0.29, 0.717) is 17.1 Å². The van der Waals surface area contributed by atoms with Crippen molar-refractivity contribution >= 4 is 38.6 Å². The largest absolute Gasteiger partial charge is 0.319 e. The topological polar surface area (TPSA) is 93.1 Å². The molecule has 2 aromatic heterocycles. The maximum absolute atomic E-state index is 13.2. The van der Waals surface area contributed by atoms with Gasteiger partial charge in [0.2, 0.25) is 0 Å². The molecule has 1 amide bonds. The Morgan fingerprint density at radius 2 is 1.69 bits per heavy atom. The van der Waals surface area contributed by atoms with Crippen LogP contribution in [0.4, 0.5) is 11.4 Å². The maximum Gasteiger partial charge on any atom is 0.276 e. The smallest absolute Gasteiger partial charge is 0.276 e. The zero-order valence-electron chi connectivity index (χ0n) is 17.0. The van der Waals surface area contributed by atoms with Crippen LogP contribution in [0.15, 0.2) is 76.3 Å². The van der Waals surface area contributed by atoms with Crippen molar-refractivity contribution in [1.82, 2.24) is 9.78 Å². The molecule has 2 aromatic carbocycles. The lowest BCUT2D eigenvalue weighted by Crippen LogP contribution is -2.18. The fourth-order valence-corrected chi connectivity index (χ4v) is 5.95. The van der Waals surface area contributed by atoms with Gasteiger partial charge in [0.15, 0.2) is 5.69 Å². The Morgan fingerprint density at radius 1 is 0.938 bits per heavy atom. The SMILES string of the molecule is O=C(Nc1ccccc1NS(=O)(=O)c1cccs1)c1nn(-c2ccccc2)c2c1CCC2. The van der Waals surface area contributed by atoms with Crippen molar-refractivity contribution < 1.29 is 13.2 Å². The third-order valence-electron chi connectivity index (χ3n) is 5.33. The van der Waals surface area contributed by atoms with Crippen molar-refractivity contribution in [2.45, 2.75) is 23.5 Å². The summed E-state index contributed by atoms with van der Waals surface area (Å²) in [5.41, 5.74) is 3.95. The van der Waals surface area contributed by atoms with Crippen molar-refractivity contribution in [3.05, 3.63) is 89.1 Å². The monoisotopic (exact) mass is 464 g/mol. The zero-order valence-corrected chi connectivity index (χ0v) is 18.6. The number of fused-ring (bicyclic) bond motifs is 1. The summed E-state index contributed by atoms with van der Waals surface area (Å²) < 4.78 is 29.9. The van der Waals surface area contributed by atoms with Crippen molar-refractivity contribution in [3.8, 4) is 5.69 Å². The zero-order chi connectivity index (χ0) is 22.1. The minimum Gasteiger partial charge on any atom is -0.319 e. The van der Waals surface area contributed by atoms with Crippen LogP contribution in [0.2, 0.25) is 0 Å². The van der Waals surface area contributed by atoms with Crippen LogP contribution in [0.1, 0.15) is 28.2 Å². The lowest BCUT2D eigenvalue weighted by Gasteiger charge is -2.12. The molecule has 0 saturated carbocycles. The summed E-state index contributed by atoms with van der Waals surface area (Å²) in [5.74, 6) is -0.361. The molecule has 4 aromatic rings. The Kier molecular flexibility index (Phi) is 5.28. The summed E-state index contributed by atoms with van der Waals surface area (Å²) in [7, 11) is -3.74. The minimum atomic E-state index is -3.74. The van der Waals surface area contributed by atoms with Crippen LogP contribution < -0.4 is 10.0 Å². The molecule has 0 atom stereocenters. The number of anilines is 2. The molecule has 5 rings (SSSR count).